The summed E-state index contributed by atoms with van der Waals surface area (Å²) >= 11 is 0. The third kappa shape index (κ3) is 10.6. The lowest BCUT2D eigenvalue weighted by molar-refractivity contribution is 0.0307. The first-order valence-corrected chi connectivity index (χ1v) is 12.8. The highest BCUT2D eigenvalue weighted by atomic mass is 16.5. The summed E-state index contributed by atoms with van der Waals surface area (Å²) in [4.78, 5) is 0. The number of aliphatic hydroxyl groups excluding tert-OH is 2. The zero-order valence-electron chi connectivity index (χ0n) is 21.9. The standard InChI is InChI=1S/C29H44O6/c1-5-25(30)21-32-17-7-19-34-27-13-9-23(10-14-27)29(3,4)24-11-15-28(16-12-24)35-20-8-18-33-22-26(31)6-2/h9-16,25-26,30-31H,5-8,17-22H2,1-4H3. The van der Waals surface area contributed by atoms with Gasteiger partial charge in [0.05, 0.1) is 38.6 Å². The zero-order chi connectivity index (χ0) is 25.5. The lowest BCUT2D eigenvalue weighted by atomic mass is 9.78. The summed E-state index contributed by atoms with van der Waals surface area (Å²) in [7, 11) is 0. The molecule has 0 amide bonds. The monoisotopic (exact) mass is 488 g/mol. The molecule has 35 heavy (non-hydrogen) atoms. The predicted molar refractivity (Wildman–Crippen MR) is 139 cm³/mol. The molecule has 0 aliphatic carbocycles. The second-order valence-electron chi connectivity index (χ2n) is 9.35. The van der Waals surface area contributed by atoms with Gasteiger partial charge in [-0.3, -0.25) is 0 Å². The summed E-state index contributed by atoms with van der Waals surface area (Å²) in [5.41, 5.74) is 2.27. The van der Waals surface area contributed by atoms with E-state index in [0.29, 0.717) is 52.5 Å². The Kier molecular flexibility index (Phi) is 13.1. The molecule has 6 nitrogen and oxygen atoms in total. The van der Waals surface area contributed by atoms with Gasteiger partial charge >= 0.3 is 0 Å². The minimum Gasteiger partial charge on any atom is -0.494 e. The third-order valence-electron chi connectivity index (χ3n) is 6.12. The molecule has 2 atom stereocenters. The molecular weight excluding hydrogens is 444 g/mol. The Hall–Kier alpha value is -2.12. The molecule has 0 heterocycles. The van der Waals surface area contributed by atoms with Gasteiger partial charge < -0.3 is 29.2 Å². The molecule has 2 aromatic rings. The molecule has 2 rings (SSSR count). The maximum Gasteiger partial charge on any atom is 0.119 e. The van der Waals surface area contributed by atoms with Crippen molar-refractivity contribution >= 4 is 0 Å². The summed E-state index contributed by atoms with van der Waals surface area (Å²) in [6, 6.07) is 16.5. The number of benzene rings is 2. The highest BCUT2D eigenvalue weighted by molar-refractivity contribution is 5.41. The summed E-state index contributed by atoms with van der Waals surface area (Å²) in [6.45, 7) is 11.4. The van der Waals surface area contributed by atoms with Gasteiger partial charge in [-0.15, -0.1) is 0 Å². The van der Waals surface area contributed by atoms with Crippen LogP contribution in [0.25, 0.3) is 0 Å². The predicted octanol–water partition coefficient (Wildman–Crippen LogP) is 5.13. The Labute approximate surface area is 211 Å². The van der Waals surface area contributed by atoms with E-state index in [1.165, 1.54) is 11.1 Å². The summed E-state index contributed by atoms with van der Waals surface area (Å²) < 4.78 is 22.5. The fourth-order valence-electron chi connectivity index (χ4n) is 3.48. The Balaban J connectivity index is 1.75. The van der Waals surface area contributed by atoms with E-state index in [1.807, 2.05) is 38.1 Å². The van der Waals surface area contributed by atoms with Crippen molar-refractivity contribution in [1.29, 1.82) is 0 Å². The normalized spacial score (nSPS) is 13.4. The second kappa shape index (κ2) is 15.8. The van der Waals surface area contributed by atoms with E-state index >= 15 is 0 Å². The van der Waals surface area contributed by atoms with Gasteiger partial charge in [-0.1, -0.05) is 52.0 Å². The first-order valence-electron chi connectivity index (χ1n) is 12.8. The van der Waals surface area contributed by atoms with Crippen molar-refractivity contribution in [3.05, 3.63) is 59.7 Å². The van der Waals surface area contributed by atoms with Crippen molar-refractivity contribution < 1.29 is 29.2 Å². The molecule has 2 unspecified atom stereocenters. The Morgan fingerprint density at radius 2 is 1.00 bits per heavy atom. The average Bonchev–Trinajstić information content (AvgIpc) is 2.88. The Bertz CT molecular complexity index is 735. The third-order valence-corrected chi connectivity index (χ3v) is 6.12. The number of ether oxygens (including phenoxy) is 4. The van der Waals surface area contributed by atoms with Crippen molar-refractivity contribution in [2.75, 3.05) is 39.6 Å². The van der Waals surface area contributed by atoms with Crippen LogP contribution in [0.1, 0.15) is 64.5 Å². The molecule has 0 fully saturated rings. The maximum atomic E-state index is 9.49. The van der Waals surface area contributed by atoms with Gasteiger partial charge in [0, 0.05) is 31.5 Å². The van der Waals surface area contributed by atoms with Crippen LogP contribution in [0.2, 0.25) is 0 Å². The van der Waals surface area contributed by atoms with Crippen LogP contribution in [0, 0.1) is 0 Å². The van der Waals surface area contributed by atoms with E-state index in [4.69, 9.17) is 18.9 Å². The van der Waals surface area contributed by atoms with Crippen LogP contribution in [0.4, 0.5) is 0 Å². The smallest absolute Gasteiger partial charge is 0.119 e. The lowest BCUT2D eigenvalue weighted by Crippen LogP contribution is -2.18. The molecule has 196 valence electrons. The van der Waals surface area contributed by atoms with Crippen LogP contribution in [0.15, 0.2) is 48.5 Å². The minimum absolute atomic E-state index is 0.154. The molecule has 2 aromatic carbocycles. The first kappa shape index (κ1) is 29.1. The number of rotatable bonds is 18. The fraction of sp³-hybridized carbons (Fsp3) is 0.586. The van der Waals surface area contributed by atoms with E-state index in [2.05, 4.69) is 38.1 Å². The summed E-state index contributed by atoms with van der Waals surface area (Å²) in [5, 5.41) is 19.0. The minimum atomic E-state index is -0.382. The van der Waals surface area contributed by atoms with E-state index in [9.17, 15) is 10.2 Å². The van der Waals surface area contributed by atoms with E-state index in [-0.39, 0.29) is 17.6 Å². The molecule has 0 spiro atoms. The van der Waals surface area contributed by atoms with Gasteiger partial charge in [-0.05, 0) is 48.2 Å². The van der Waals surface area contributed by atoms with Gasteiger partial charge in [-0.2, -0.15) is 0 Å². The molecule has 0 saturated heterocycles. The molecule has 0 saturated carbocycles. The van der Waals surface area contributed by atoms with Crippen LogP contribution < -0.4 is 9.47 Å². The highest BCUT2D eigenvalue weighted by Crippen LogP contribution is 2.33. The maximum absolute atomic E-state index is 9.49. The van der Waals surface area contributed by atoms with Gasteiger partial charge in [-0.25, -0.2) is 0 Å². The fourth-order valence-corrected chi connectivity index (χ4v) is 3.48. The van der Waals surface area contributed by atoms with Gasteiger partial charge in [0.1, 0.15) is 11.5 Å². The molecule has 0 aliphatic heterocycles. The van der Waals surface area contributed by atoms with Crippen LogP contribution >= 0.6 is 0 Å². The van der Waals surface area contributed by atoms with Crippen LogP contribution in [0.5, 0.6) is 11.5 Å². The quantitative estimate of drug-likeness (QED) is 0.284. The van der Waals surface area contributed by atoms with Crippen molar-refractivity contribution in [1.82, 2.24) is 0 Å². The number of hydrogen-bond donors (Lipinski definition) is 2. The van der Waals surface area contributed by atoms with Gasteiger partial charge in [0.15, 0.2) is 0 Å². The Morgan fingerprint density at radius 1 is 0.629 bits per heavy atom. The van der Waals surface area contributed by atoms with Crippen molar-refractivity contribution in [2.45, 2.75) is 71.0 Å². The van der Waals surface area contributed by atoms with Crippen molar-refractivity contribution in [3.8, 4) is 11.5 Å². The molecule has 0 bridgehead atoms. The molecule has 2 N–H and O–H groups in total. The van der Waals surface area contributed by atoms with E-state index in [0.717, 1.165) is 24.3 Å². The van der Waals surface area contributed by atoms with Crippen LogP contribution in [-0.2, 0) is 14.9 Å². The zero-order valence-corrected chi connectivity index (χ0v) is 21.9. The largest absolute Gasteiger partial charge is 0.494 e. The SMILES string of the molecule is CCC(O)COCCCOc1ccc(C(C)(C)c2ccc(OCCCOCC(O)CC)cc2)cc1. The molecule has 6 heteroatoms. The van der Waals surface area contributed by atoms with E-state index in [1.54, 1.807) is 0 Å². The first-order chi connectivity index (χ1) is 16.9. The van der Waals surface area contributed by atoms with Gasteiger partial charge in [0.2, 0.25) is 0 Å². The van der Waals surface area contributed by atoms with Crippen molar-refractivity contribution in [3.63, 3.8) is 0 Å². The van der Waals surface area contributed by atoms with Crippen molar-refractivity contribution in [2.24, 2.45) is 0 Å². The average molecular weight is 489 g/mol. The Morgan fingerprint density at radius 3 is 1.34 bits per heavy atom. The number of hydrogen-bond acceptors (Lipinski definition) is 6. The van der Waals surface area contributed by atoms with Crippen LogP contribution in [0.3, 0.4) is 0 Å². The molecular formula is C29H44O6. The highest BCUT2D eigenvalue weighted by Gasteiger charge is 2.23. The topological polar surface area (TPSA) is 77.4 Å². The van der Waals surface area contributed by atoms with Crippen LogP contribution in [-0.4, -0.2) is 62.1 Å². The molecule has 0 aromatic heterocycles. The lowest BCUT2D eigenvalue weighted by Gasteiger charge is -2.26. The van der Waals surface area contributed by atoms with E-state index < -0.39 is 0 Å². The molecule has 0 aliphatic rings. The molecule has 0 radical (unpaired) electrons. The summed E-state index contributed by atoms with van der Waals surface area (Å²) in [5.74, 6) is 1.69. The van der Waals surface area contributed by atoms with Gasteiger partial charge in [0.25, 0.3) is 0 Å². The second-order valence-corrected chi connectivity index (χ2v) is 9.35. The number of aliphatic hydroxyl groups is 2. The summed E-state index contributed by atoms with van der Waals surface area (Å²) in [6.07, 6.45) is 2.22.